The van der Waals surface area contributed by atoms with Crippen LogP contribution in [-0.2, 0) is 4.74 Å². The Balaban J connectivity index is 1.96. The van der Waals surface area contributed by atoms with Gasteiger partial charge in [0.15, 0.2) is 0 Å². The molecule has 1 N–H and O–H groups in total. The standard InChI is InChI=1S/C12H13BrClNO2/c13-11-4-3-8(14)6-10(11)12(16)15-7-9-2-1-5-17-9/h3-4,6,9H,1-2,5,7H2,(H,15,16)/t9-/m0/s1. The third kappa shape index (κ3) is 3.44. The second-order valence-electron chi connectivity index (χ2n) is 3.97. The Kier molecular flexibility index (Phi) is 4.42. The van der Waals surface area contributed by atoms with E-state index in [0.717, 1.165) is 23.9 Å². The highest BCUT2D eigenvalue weighted by Gasteiger charge is 2.17. The molecule has 1 fully saturated rings. The summed E-state index contributed by atoms with van der Waals surface area (Å²) in [6, 6.07) is 5.16. The molecule has 1 aliphatic heterocycles. The van der Waals surface area contributed by atoms with E-state index < -0.39 is 0 Å². The van der Waals surface area contributed by atoms with Crippen LogP contribution in [0, 0.1) is 0 Å². The molecule has 0 radical (unpaired) electrons. The summed E-state index contributed by atoms with van der Waals surface area (Å²) in [5.74, 6) is -0.130. The van der Waals surface area contributed by atoms with Gasteiger partial charge in [0, 0.05) is 22.6 Å². The summed E-state index contributed by atoms with van der Waals surface area (Å²) in [7, 11) is 0. The van der Waals surface area contributed by atoms with Gasteiger partial charge in [0.05, 0.1) is 11.7 Å². The van der Waals surface area contributed by atoms with Gasteiger partial charge in [-0.2, -0.15) is 0 Å². The van der Waals surface area contributed by atoms with Crippen molar-refractivity contribution in [2.75, 3.05) is 13.2 Å². The van der Waals surface area contributed by atoms with Crippen LogP contribution in [0.3, 0.4) is 0 Å². The molecule has 1 saturated heterocycles. The van der Waals surface area contributed by atoms with Crippen molar-refractivity contribution in [1.82, 2.24) is 5.32 Å². The number of benzene rings is 1. The lowest BCUT2D eigenvalue weighted by Gasteiger charge is -2.11. The molecule has 1 aliphatic rings. The molecule has 17 heavy (non-hydrogen) atoms. The maximum atomic E-state index is 11.9. The molecular weight excluding hydrogens is 305 g/mol. The molecule has 1 aromatic rings. The molecule has 1 aromatic carbocycles. The minimum absolute atomic E-state index is 0.130. The van der Waals surface area contributed by atoms with Crippen molar-refractivity contribution in [1.29, 1.82) is 0 Å². The average molecular weight is 319 g/mol. The average Bonchev–Trinajstić information content (AvgIpc) is 2.82. The van der Waals surface area contributed by atoms with E-state index in [1.54, 1.807) is 18.2 Å². The molecule has 0 bridgehead atoms. The molecule has 1 heterocycles. The summed E-state index contributed by atoms with van der Waals surface area (Å²) >= 11 is 9.20. The largest absolute Gasteiger partial charge is 0.376 e. The summed E-state index contributed by atoms with van der Waals surface area (Å²) in [5, 5.41) is 3.41. The van der Waals surface area contributed by atoms with Crippen LogP contribution in [0.4, 0.5) is 0 Å². The van der Waals surface area contributed by atoms with Gasteiger partial charge < -0.3 is 10.1 Å². The number of nitrogens with one attached hydrogen (secondary N) is 1. The van der Waals surface area contributed by atoms with Crippen LogP contribution in [0.2, 0.25) is 5.02 Å². The monoisotopic (exact) mass is 317 g/mol. The van der Waals surface area contributed by atoms with Gasteiger partial charge in [0.2, 0.25) is 0 Å². The van der Waals surface area contributed by atoms with Crippen molar-refractivity contribution in [3.8, 4) is 0 Å². The van der Waals surface area contributed by atoms with Crippen LogP contribution in [0.25, 0.3) is 0 Å². The molecule has 5 heteroatoms. The van der Waals surface area contributed by atoms with Gasteiger partial charge in [-0.25, -0.2) is 0 Å². The first-order chi connectivity index (χ1) is 8.16. The molecule has 0 aromatic heterocycles. The highest BCUT2D eigenvalue weighted by molar-refractivity contribution is 9.10. The zero-order chi connectivity index (χ0) is 12.3. The topological polar surface area (TPSA) is 38.3 Å². The molecule has 92 valence electrons. The number of halogens is 2. The van der Waals surface area contributed by atoms with Gasteiger partial charge in [0.1, 0.15) is 0 Å². The lowest BCUT2D eigenvalue weighted by molar-refractivity contribution is 0.0857. The van der Waals surface area contributed by atoms with Gasteiger partial charge >= 0.3 is 0 Å². The third-order valence-electron chi connectivity index (χ3n) is 2.69. The van der Waals surface area contributed by atoms with E-state index in [1.165, 1.54) is 0 Å². The van der Waals surface area contributed by atoms with Gasteiger partial charge in [-0.05, 0) is 47.0 Å². The predicted molar refractivity (Wildman–Crippen MR) is 70.5 cm³/mol. The van der Waals surface area contributed by atoms with E-state index in [9.17, 15) is 4.79 Å². The van der Waals surface area contributed by atoms with Crippen LogP contribution in [0.1, 0.15) is 23.2 Å². The number of rotatable bonds is 3. The number of amides is 1. The molecule has 0 unspecified atom stereocenters. The van der Waals surface area contributed by atoms with Crippen molar-refractivity contribution in [2.24, 2.45) is 0 Å². The number of ether oxygens (including phenoxy) is 1. The lowest BCUT2D eigenvalue weighted by Crippen LogP contribution is -2.31. The van der Waals surface area contributed by atoms with Gasteiger partial charge in [-0.1, -0.05) is 11.6 Å². The molecule has 3 nitrogen and oxygen atoms in total. The van der Waals surface area contributed by atoms with Crippen LogP contribution < -0.4 is 5.32 Å². The number of carbonyl (C=O) groups is 1. The number of hydrogen-bond acceptors (Lipinski definition) is 2. The third-order valence-corrected chi connectivity index (χ3v) is 3.61. The van der Waals surface area contributed by atoms with Crippen molar-refractivity contribution in [2.45, 2.75) is 18.9 Å². The highest BCUT2D eigenvalue weighted by atomic mass is 79.9. The molecule has 0 spiro atoms. The van der Waals surface area contributed by atoms with Gasteiger partial charge in [0.25, 0.3) is 5.91 Å². The van der Waals surface area contributed by atoms with Crippen molar-refractivity contribution >= 4 is 33.4 Å². The Hall–Kier alpha value is -0.580. The fraction of sp³-hybridized carbons (Fsp3) is 0.417. The molecule has 0 aliphatic carbocycles. The summed E-state index contributed by atoms with van der Waals surface area (Å²) in [4.78, 5) is 11.9. The Morgan fingerprint density at radius 3 is 3.12 bits per heavy atom. The fourth-order valence-corrected chi connectivity index (χ4v) is 2.38. The summed E-state index contributed by atoms with van der Waals surface area (Å²) < 4.78 is 6.18. The Morgan fingerprint density at radius 1 is 1.59 bits per heavy atom. The molecular formula is C12H13BrClNO2. The van der Waals surface area contributed by atoms with E-state index in [2.05, 4.69) is 21.2 Å². The molecule has 2 rings (SSSR count). The first-order valence-electron chi connectivity index (χ1n) is 5.51. The summed E-state index contributed by atoms with van der Waals surface area (Å²) in [5.41, 5.74) is 0.551. The smallest absolute Gasteiger partial charge is 0.252 e. The molecule has 1 atom stereocenters. The maximum absolute atomic E-state index is 11.9. The SMILES string of the molecule is O=C(NC[C@@H]1CCCO1)c1cc(Cl)ccc1Br. The lowest BCUT2D eigenvalue weighted by atomic mass is 10.2. The maximum Gasteiger partial charge on any atom is 0.252 e. The van der Waals surface area contributed by atoms with E-state index in [4.69, 9.17) is 16.3 Å². The summed E-state index contributed by atoms with van der Waals surface area (Å²) in [6.45, 7) is 1.35. The minimum Gasteiger partial charge on any atom is -0.376 e. The first-order valence-corrected chi connectivity index (χ1v) is 6.69. The second-order valence-corrected chi connectivity index (χ2v) is 5.26. The van der Waals surface area contributed by atoms with E-state index in [-0.39, 0.29) is 12.0 Å². The van der Waals surface area contributed by atoms with Crippen LogP contribution in [0.15, 0.2) is 22.7 Å². The van der Waals surface area contributed by atoms with Gasteiger partial charge in [-0.15, -0.1) is 0 Å². The quantitative estimate of drug-likeness (QED) is 0.930. The highest BCUT2D eigenvalue weighted by Crippen LogP contribution is 2.21. The first kappa shape index (κ1) is 12.9. The Morgan fingerprint density at radius 2 is 2.41 bits per heavy atom. The minimum atomic E-state index is -0.130. The van der Waals surface area contributed by atoms with Gasteiger partial charge in [-0.3, -0.25) is 4.79 Å². The van der Waals surface area contributed by atoms with Crippen LogP contribution in [-0.4, -0.2) is 25.2 Å². The summed E-state index contributed by atoms with van der Waals surface area (Å²) in [6.07, 6.45) is 2.23. The zero-order valence-corrected chi connectivity index (χ0v) is 11.6. The van der Waals surface area contributed by atoms with E-state index in [0.29, 0.717) is 17.1 Å². The zero-order valence-electron chi connectivity index (χ0n) is 9.21. The van der Waals surface area contributed by atoms with Crippen molar-refractivity contribution in [3.05, 3.63) is 33.3 Å². The van der Waals surface area contributed by atoms with E-state index in [1.807, 2.05) is 0 Å². The van der Waals surface area contributed by atoms with Crippen LogP contribution >= 0.6 is 27.5 Å². The molecule has 1 amide bonds. The van der Waals surface area contributed by atoms with Crippen LogP contribution in [0.5, 0.6) is 0 Å². The predicted octanol–water partition coefficient (Wildman–Crippen LogP) is 3.01. The Bertz CT molecular complexity index is 419. The Labute approximate surface area is 114 Å². The van der Waals surface area contributed by atoms with Crippen molar-refractivity contribution < 1.29 is 9.53 Å². The normalized spacial score (nSPS) is 19.3. The van der Waals surface area contributed by atoms with E-state index >= 15 is 0 Å². The number of carbonyl (C=O) groups excluding carboxylic acids is 1. The fourth-order valence-electron chi connectivity index (χ4n) is 1.78. The molecule has 0 saturated carbocycles. The second kappa shape index (κ2) is 5.85. The number of hydrogen-bond donors (Lipinski definition) is 1. The van der Waals surface area contributed by atoms with Crippen molar-refractivity contribution in [3.63, 3.8) is 0 Å².